The van der Waals surface area contributed by atoms with Crippen LogP contribution in [0.25, 0.3) is 0 Å². The summed E-state index contributed by atoms with van der Waals surface area (Å²) < 4.78 is 0. The second kappa shape index (κ2) is 5.99. The number of aromatic nitrogens is 1. The van der Waals surface area contributed by atoms with E-state index in [0.717, 1.165) is 32.4 Å². The summed E-state index contributed by atoms with van der Waals surface area (Å²) in [6.45, 7) is 5.84. The van der Waals surface area contributed by atoms with Crippen molar-refractivity contribution in [1.29, 1.82) is 0 Å². The SMILES string of the molecule is CC(N)C(c1cccnc1)N1CCCC(C)(O)CC1. The van der Waals surface area contributed by atoms with Crippen LogP contribution in [0.3, 0.4) is 0 Å². The van der Waals surface area contributed by atoms with Crippen LogP contribution in [0.15, 0.2) is 24.5 Å². The van der Waals surface area contributed by atoms with Gasteiger partial charge in [0.05, 0.1) is 11.6 Å². The first-order valence-corrected chi connectivity index (χ1v) is 7.11. The number of pyridine rings is 1. The summed E-state index contributed by atoms with van der Waals surface area (Å²) in [5.41, 5.74) is 6.82. The van der Waals surface area contributed by atoms with Crippen LogP contribution >= 0.6 is 0 Å². The van der Waals surface area contributed by atoms with Crippen molar-refractivity contribution in [3.8, 4) is 0 Å². The molecule has 4 heteroatoms. The molecule has 0 radical (unpaired) electrons. The van der Waals surface area contributed by atoms with Gasteiger partial charge in [0, 0.05) is 25.0 Å². The molecule has 1 aliphatic heterocycles. The fourth-order valence-electron chi connectivity index (χ4n) is 2.96. The Labute approximate surface area is 115 Å². The smallest absolute Gasteiger partial charge is 0.0632 e. The highest BCUT2D eigenvalue weighted by Gasteiger charge is 2.30. The topological polar surface area (TPSA) is 62.4 Å². The van der Waals surface area contributed by atoms with Gasteiger partial charge in [-0.2, -0.15) is 0 Å². The van der Waals surface area contributed by atoms with E-state index in [1.807, 2.05) is 26.1 Å². The van der Waals surface area contributed by atoms with Gasteiger partial charge in [0.25, 0.3) is 0 Å². The third-order valence-electron chi connectivity index (χ3n) is 4.02. The molecular weight excluding hydrogens is 238 g/mol. The van der Waals surface area contributed by atoms with E-state index in [2.05, 4.69) is 16.0 Å². The minimum atomic E-state index is -0.536. The first-order valence-electron chi connectivity index (χ1n) is 7.11. The lowest BCUT2D eigenvalue weighted by atomic mass is 9.97. The molecular formula is C15H25N3O. The third kappa shape index (κ3) is 3.75. The normalized spacial score (nSPS) is 28.6. The Morgan fingerprint density at radius 2 is 2.21 bits per heavy atom. The largest absolute Gasteiger partial charge is 0.390 e. The molecule has 0 amide bonds. The van der Waals surface area contributed by atoms with Gasteiger partial charge in [0.15, 0.2) is 0 Å². The summed E-state index contributed by atoms with van der Waals surface area (Å²) in [5.74, 6) is 0. The molecule has 2 rings (SSSR count). The Balaban J connectivity index is 2.16. The van der Waals surface area contributed by atoms with E-state index in [1.54, 1.807) is 6.20 Å². The fourth-order valence-corrected chi connectivity index (χ4v) is 2.96. The molecule has 2 heterocycles. The molecule has 4 nitrogen and oxygen atoms in total. The highest BCUT2D eigenvalue weighted by Crippen LogP contribution is 2.29. The van der Waals surface area contributed by atoms with E-state index in [-0.39, 0.29) is 12.1 Å². The van der Waals surface area contributed by atoms with E-state index in [4.69, 9.17) is 5.73 Å². The van der Waals surface area contributed by atoms with Crippen molar-refractivity contribution in [2.45, 2.75) is 50.8 Å². The van der Waals surface area contributed by atoms with Crippen LogP contribution in [0.4, 0.5) is 0 Å². The van der Waals surface area contributed by atoms with E-state index < -0.39 is 5.60 Å². The molecule has 19 heavy (non-hydrogen) atoms. The molecule has 0 spiro atoms. The van der Waals surface area contributed by atoms with Crippen molar-refractivity contribution >= 4 is 0 Å². The third-order valence-corrected chi connectivity index (χ3v) is 4.02. The van der Waals surface area contributed by atoms with Crippen molar-refractivity contribution in [1.82, 2.24) is 9.88 Å². The number of likely N-dealkylation sites (tertiary alicyclic amines) is 1. The maximum absolute atomic E-state index is 10.2. The van der Waals surface area contributed by atoms with Crippen LogP contribution < -0.4 is 5.73 Å². The van der Waals surface area contributed by atoms with Crippen LogP contribution in [0, 0.1) is 0 Å². The second-order valence-corrected chi connectivity index (χ2v) is 5.98. The molecule has 3 unspecified atom stereocenters. The molecule has 1 saturated heterocycles. The van der Waals surface area contributed by atoms with E-state index in [1.165, 1.54) is 5.56 Å². The Morgan fingerprint density at radius 1 is 1.42 bits per heavy atom. The van der Waals surface area contributed by atoms with Gasteiger partial charge in [-0.05, 0) is 51.3 Å². The summed E-state index contributed by atoms with van der Waals surface area (Å²) in [5, 5.41) is 10.2. The molecule has 1 fully saturated rings. The van der Waals surface area contributed by atoms with Crippen LogP contribution in [0.1, 0.15) is 44.7 Å². The fraction of sp³-hybridized carbons (Fsp3) is 0.667. The first-order chi connectivity index (χ1) is 8.99. The summed E-state index contributed by atoms with van der Waals surface area (Å²) in [4.78, 5) is 6.60. The van der Waals surface area contributed by atoms with Gasteiger partial charge >= 0.3 is 0 Å². The molecule has 0 aliphatic carbocycles. The zero-order chi connectivity index (χ0) is 13.9. The van der Waals surface area contributed by atoms with Gasteiger partial charge in [0.1, 0.15) is 0 Å². The average Bonchev–Trinajstić information content (AvgIpc) is 2.52. The maximum Gasteiger partial charge on any atom is 0.0632 e. The molecule has 3 atom stereocenters. The van der Waals surface area contributed by atoms with Crippen molar-refractivity contribution in [2.24, 2.45) is 5.73 Å². The molecule has 0 bridgehead atoms. The number of nitrogens with zero attached hydrogens (tertiary/aromatic N) is 2. The minimum Gasteiger partial charge on any atom is -0.390 e. The van der Waals surface area contributed by atoms with Crippen LogP contribution in [0.2, 0.25) is 0 Å². The van der Waals surface area contributed by atoms with Gasteiger partial charge in [0.2, 0.25) is 0 Å². The monoisotopic (exact) mass is 263 g/mol. The zero-order valence-corrected chi connectivity index (χ0v) is 11.9. The van der Waals surface area contributed by atoms with Gasteiger partial charge in [-0.15, -0.1) is 0 Å². The van der Waals surface area contributed by atoms with E-state index >= 15 is 0 Å². The molecule has 1 aromatic heterocycles. The molecule has 106 valence electrons. The Kier molecular flexibility index (Phi) is 4.55. The standard InChI is InChI=1S/C15H25N3O/c1-12(16)14(13-5-3-8-17-11-13)18-9-4-6-15(2,19)7-10-18/h3,5,8,11-12,14,19H,4,6-7,9-10,16H2,1-2H3. The lowest BCUT2D eigenvalue weighted by Gasteiger charge is -2.33. The quantitative estimate of drug-likeness (QED) is 0.871. The number of aliphatic hydroxyl groups is 1. The van der Waals surface area contributed by atoms with Crippen molar-refractivity contribution in [3.05, 3.63) is 30.1 Å². The molecule has 1 aliphatic rings. The number of hydrogen-bond acceptors (Lipinski definition) is 4. The molecule has 1 aromatic rings. The number of nitrogens with two attached hydrogens (primary N) is 1. The predicted octanol–water partition coefficient (Wildman–Crippen LogP) is 1.71. The van der Waals surface area contributed by atoms with Crippen molar-refractivity contribution in [3.63, 3.8) is 0 Å². The van der Waals surface area contributed by atoms with Crippen LogP contribution in [-0.2, 0) is 0 Å². The van der Waals surface area contributed by atoms with Crippen molar-refractivity contribution < 1.29 is 5.11 Å². The minimum absolute atomic E-state index is 0.0484. The molecule has 0 saturated carbocycles. The summed E-state index contributed by atoms with van der Waals surface area (Å²) in [7, 11) is 0. The van der Waals surface area contributed by atoms with Gasteiger partial charge in [-0.3, -0.25) is 9.88 Å². The lowest BCUT2D eigenvalue weighted by Crippen LogP contribution is -2.40. The lowest BCUT2D eigenvalue weighted by molar-refractivity contribution is 0.0424. The number of hydrogen-bond donors (Lipinski definition) is 2. The summed E-state index contributed by atoms with van der Waals surface area (Å²) >= 11 is 0. The van der Waals surface area contributed by atoms with E-state index in [9.17, 15) is 5.11 Å². The number of rotatable bonds is 3. The summed E-state index contributed by atoms with van der Waals surface area (Å²) in [6, 6.07) is 4.28. The zero-order valence-electron chi connectivity index (χ0n) is 11.9. The Morgan fingerprint density at radius 3 is 2.84 bits per heavy atom. The van der Waals surface area contributed by atoms with Gasteiger partial charge in [-0.1, -0.05) is 6.07 Å². The molecule has 0 aromatic carbocycles. The van der Waals surface area contributed by atoms with Crippen LogP contribution in [0.5, 0.6) is 0 Å². The molecule has 3 N–H and O–H groups in total. The highest BCUT2D eigenvalue weighted by molar-refractivity contribution is 5.16. The second-order valence-electron chi connectivity index (χ2n) is 5.98. The van der Waals surface area contributed by atoms with Gasteiger partial charge in [-0.25, -0.2) is 0 Å². The highest BCUT2D eigenvalue weighted by atomic mass is 16.3. The van der Waals surface area contributed by atoms with Gasteiger partial charge < -0.3 is 10.8 Å². The Hall–Kier alpha value is -0.970. The maximum atomic E-state index is 10.2. The first kappa shape index (κ1) is 14.4. The average molecular weight is 263 g/mol. The van der Waals surface area contributed by atoms with E-state index in [0.29, 0.717) is 0 Å². The van der Waals surface area contributed by atoms with Crippen molar-refractivity contribution in [2.75, 3.05) is 13.1 Å². The predicted molar refractivity (Wildman–Crippen MR) is 76.7 cm³/mol. The summed E-state index contributed by atoms with van der Waals surface area (Å²) in [6.07, 6.45) is 6.36. The Bertz CT molecular complexity index is 392. The van der Waals surface area contributed by atoms with Crippen LogP contribution in [-0.4, -0.2) is 39.7 Å².